The van der Waals surface area contributed by atoms with Gasteiger partial charge < -0.3 is 21.1 Å². The molecule has 2 aliphatic carbocycles. The van der Waals surface area contributed by atoms with E-state index in [4.69, 9.17) is 10.5 Å². The van der Waals surface area contributed by atoms with Crippen molar-refractivity contribution in [2.24, 2.45) is 22.1 Å². The summed E-state index contributed by atoms with van der Waals surface area (Å²) in [5.74, 6) is 1.27. The molecule has 1 aromatic carbocycles. The first-order valence-corrected chi connectivity index (χ1v) is 14.8. The zero-order valence-electron chi connectivity index (χ0n) is 24.8. The Bertz CT molecular complexity index is 1290. The molecular weight excluding hydrogens is 515 g/mol. The van der Waals surface area contributed by atoms with Gasteiger partial charge >= 0.3 is 0 Å². The predicted molar refractivity (Wildman–Crippen MR) is 164 cm³/mol. The van der Waals surface area contributed by atoms with Crippen molar-refractivity contribution >= 4 is 12.1 Å². The summed E-state index contributed by atoms with van der Waals surface area (Å²) in [5, 5.41) is 6.58. The molecule has 0 unspecified atom stereocenters. The molecule has 1 spiro atoms. The molecule has 4 N–H and O–H groups in total. The topological polar surface area (TPSA) is 88.7 Å². The number of hydrogen-bond acceptors (Lipinski definition) is 5. The number of carbonyl (C=O) groups excluding carboxylic acids is 1. The van der Waals surface area contributed by atoms with Crippen molar-refractivity contribution in [2.75, 3.05) is 6.61 Å². The Morgan fingerprint density at radius 2 is 1.98 bits per heavy atom. The summed E-state index contributed by atoms with van der Waals surface area (Å²) >= 11 is 0. The molecule has 2 saturated carbocycles. The molecule has 4 rings (SSSR count). The fraction of sp³-hybridized carbons (Fsp3) is 0.471. The molecule has 0 atom stereocenters. The number of hydrogen-bond donors (Lipinski definition) is 3. The maximum absolute atomic E-state index is 14.6. The van der Waals surface area contributed by atoms with Gasteiger partial charge in [0.25, 0.3) is 5.91 Å². The average Bonchev–Trinajstić information content (AvgIpc) is 3.40. The third kappa shape index (κ3) is 7.57. The maximum Gasteiger partial charge on any atom is 0.251 e. The number of aliphatic imine (C=N–C) groups is 1. The van der Waals surface area contributed by atoms with Gasteiger partial charge in [0.2, 0.25) is 0 Å². The minimum Gasteiger partial charge on any atom is -0.492 e. The van der Waals surface area contributed by atoms with Crippen molar-refractivity contribution in [2.45, 2.75) is 84.7 Å². The Morgan fingerprint density at radius 1 is 1.24 bits per heavy atom. The Balaban J connectivity index is 1.40. The lowest BCUT2D eigenvalue weighted by molar-refractivity contribution is 0.00515. The molecule has 6 nitrogen and oxygen atoms in total. The third-order valence-corrected chi connectivity index (χ3v) is 8.94. The largest absolute Gasteiger partial charge is 0.492 e. The van der Waals surface area contributed by atoms with Crippen LogP contribution in [-0.2, 0) is 11.3 Å². The molecule has 1 aliphatic heterocycles. The van der Waals surface area contributed by atoms with E-state index in [1.54, 1.807) is 18.4 Å². The number of benzene rings is 1. The summed E-state index contributed by atoms with van der Waals surface area (Å²) in [7, 11) is 0. The number of carbonyl (C=O) groups is 1. The van der Waals surface area contributed by atoms with Crippen molar-refractivity contribution in [3.8, 4) is 0 Å². The van der Waals surface area contributed by atoms with Gasteiger partial charge in [-0.05, 0) is 99.1 Å². The van der Waals surface area contributed by atoms with Crippen LogP contribution in [0.15, 0.2) is 82.5 Å². The van der Waals surface area contributed by atoms with Crippen molar-refractivity contribution in [3.63, 3.8) is 0 Å². The summed E-state index contributed by atoms with van der Waals surface area (Å²) in [5.41, 5.74) is 10.9. The number of nitrogens with one attached hydrogen (secondary N) is 2. The lowest BCUT2D eigenvalue weighted by Crippen LogP contribution is -2.45. The monoisotopic (exact) mass is 560 g/mol. The fourth-order valence-corrected chi connectivity index (χ4v) is 6.55. The van der Waals surface area contributed by atoms with Gasteiger partial charge in [0.05, 0.1) is 6.61 Å². The van der Waals surface area contributed by atoms with E-state index in [1.165, 1.54) is 44.2 Å². The van der Waals surface area contributed by atoms with Gasteiger partial charge in [-0.2, -0.15) is 0 Å². The molecule has 1 heterocycles. The van der Waals surface area contributed by atoms with Crippen LogP contribution in [0.4, 0.5) is 4.39 Å². The number of ether oxygens (including phenoxy) is 1. The lowest BCUT2D eigenvalue weighted by Gasteiger charge is -2.51. The zero-order valence-corrected chi connectivity index (χ0v) is 24.8. The molecule has 1 aromatic rings. The number of nitrogens with two attached hydrogens (primary N) is 1. The van der Waals surface area contributed by atoms with Crippen LogP contribution in [0.2, 0.25) is 0 Å². The normalized spacial score (nSPS) is 26.8. The van der Waals surface area contributed by atoms with Crippen LogP contribution in [0, 0.1) is 17.2 Å². The van der Waals surface area contributed by atoms with Crippen molar-refractivity contribution in [1.82, 2.24) is 10.6 Å². The van der Waals surface area contributed by atoms with E-state index >= 15 is 0 Å². The van der Waals surface area contributed by atoms with Gasteiger partial charge in [-0.1, -0.05) is 32.6 Å². The highest BCUT2D eigenvalue weighted by molar-refractivity contribution is 5.94. The summed E-state index contributed by atoms with van der Waals surface area (Å²) in [6, 6.07) is 4.74. The highest BCUT2D eigenvalue weighted by Gasteiger charge is 2.45. The fourth-order valence-electron chi connectivity index (χ4n) is 6.55. The van der Waals surface area contributed by atoms with Gasteiger partial charge in [-0.15, -0.1) is 0 Å². The smallest absolute Gasteiger partial charge is 0.251 e. The summed E-state index contributed by atoms with van der Waals surface area (Å²) < 4.78 is 20.6. The van der Waals surface area contributed by atoms with Gasteiger partial charge in [0, 0.05) is 47.6 Å². The van der Waals surface area contributed by atoms with E-state index in [2.05, 4.69) is 35.7 Å². The second kappa shape index (κ2) is 13.4. The lowest BCUT2D eigenvalue weighted by atomic mass is 9.55. The van der Waals surface area contributed by atoms with E-state index < -0.39 is 5.82 Å². The maximum atomic E-state index is 14.6. The molecule has 220 valence electrons. The van der Waals surface area contributed by atoms with Gasteiger partial charge in [0.15, 0.2) is 0 Å². The van der Waals surface area contributed by atoms with Crippen molar-refractivity contribution in [1.29, 1.82) is 0 Å². The second-order valence-corrected chi connectivity index (χ2v) is 11.9. The van der Waals surface area contributed by atoms with E-state index in [9.17, 15) is 9.18 Å². The first kappa shape index (κ1) is 30.4. The predicted octanol–water partition coefficient (Wildman–Crippen LogP) is 6.98. The molecular formula is C34H45FN4O2. The number of rotatable bonds is 10. The Kier molecular flexibility index (Phi) is 9.90. The molecule has 41 heavy (non-hydrogen) atoms. The van der Waals surface area contributed by atoms with Crippen LogP contribution >= 0.6 is 0 Å². The minimum atomic E-state index is -0.413. The standard InChI is InChI=1S/C34H45FN4O2/c1-6-25-19-34(20-25)12-8-29(9-13-34)39-33(40)27-16-26(17-28(35)18-27)21-38-23(4)31-11-15-41-32(31)30(7-2)22(3)10-14-37-24(5)36/h7,10,14,16-18,25,29,38H,2,5-6,8-9,11-13,15,19-21,36H2,1,3-4H3,(H,39,40)/b22-10+,31-23+,32-30-,37-14?. The van der Waals surface area contributed by atoms with Crippen LogP contribution in [0.3, 0.4) is 0 Å². The minimum absolute atomic E-state index is 0.162. The number of nitrogens with zero attached hydrogens (tertiary/aromatic N) is 1. The summed E-state index contributed by atoms with van der Waals surface area (Å²) in [4.78, 5) is 17.1. The average molecular weight is 561 g/mol. The first-order valence-electron chi connectivity index (χ1n) is 14.8. The molecule has 0 aromatic heterocycles. The SMILES string of the molecule is C=CC(=C1/OCC/C1=C(/C)NCc1cc(F)cc(C(=O)NC2CCC3(CC2)CC(CC)C3)c1)/C(C)=C/C=NC(=C)N. The first-order chi connectivity index (χ1) is 19.6. The highest BCUT2D eigenvalue weighted by Crippen LogP contribution is 2.55. The number of halogens is 1. The molecule has 0 bridgehead atoms. The van der Waals surface area contributed by atoms with Crippen molar-refractivity contribution < 1.29 is 13.9 Å². The third-order valence-electron chi connectivity index (χ3n) is 8.94. The Labute approximate surface area is 244 Å². The highest BCUT2D eigenvalue weighted by atomic mass is 19.1. The molecule has 3 fully saturated rings. The van der Waals surface area contributed by atoms with Gasteiger partial charge in [-0.3, -0.25) is 4.79 Å². The molecule has 0 radical (unpaired) electrons. The molecule has 1 amide bonds. The van der Waals surface area contributed by atoms with Gasteiger partial charge in [0.1, 0.15) is 17.4 Å². The van der Waals surface area contributed by atoms with E-state index in [0.717, 1.165) is 53.4 Å². The van der Waals surface area contributed by atoms with Crippen LogP contribution in [0.5, 0.6) is 0 Å². The zero-order chi connectivity index (χ0) is 29.6. The van der Waals surface area contributed by atoms with Crippen LogP contribution in [-0.4, -0.2) is 24.8 Å². The Morgan fingerprint density at radius 3 is 2.63 bits per heavy atom. The van der Waals surface area contributed by atoms with Crippen LogP contribution < -0.4 is 16.4 Å². The van der Waals surface area contributed by atoms with E-state index in [1.807, 2.05) is 19.9 Å². The molecule has 1 saturated heterocycles. The van der Waals surface area contributed by atoms with Crippen LogP contribution in [0.25, 0.3) is 0 Å². The second-order valence-electron chi connectivity index (χ2n) is 11.9. The molecule has 3 aliphatic rings. The summed E-state index contributed by atoms with van der Waals surface area (Å²) in [6.07, 6.45) is 14.3. The van der Waals surface area contributed by atoms with E-state index in [-0.39, 0.29) is 17.8 Å². The van der Waals surface area contributed by atoms with Gasteiger partial charge in [-0.25, -0.2) is 9.38 Å². The summed E-state index contributed by atoms with van der Waals surface area (Å²) in [6.45, 7) is 14.7. The Hall–Kier alpha value is -3.61. The molecule has 7 heteroatoms. The number of amides is 1. The van der Waals surface area contributed by atoms with E-state index in [0.29, 0.717) is 29.7 Å². The quantitative estimate of drug-likeness (QED) is 0.270. The van der Waals surface area contributed by atoms with Crippen LogP contribution in [0.1, 0.15) is 88.1 Å². The van der Waals surface area contributed by atoms with Crippen molar-refractivity contribution in [3.05, 3.63) is 94.4 Å². The number of allylic oxidation sites excluding steroid dienone is 6.